The number of carbonyl (C=O) groups excluding carboxylic acids is 2. The quantitative estimate of drug-likeness (QED) is 0.130. The second-order valence-corrected chi connectivity index (χ2v) is 7.70. The number of amides is 1. The molecule has 0 aliphatic carbocycles. The molecule has 3 N–H and O–H groups in total. The largest absolute Gasteiger partial charge is 1.00 e. The Bertz CT molecular complexity index is 480. The number of aliphatic hydroxyl groups is 1. The van der Waals surface area contributed by atoms with Gasteiger partial charge in [0.05, 0.1) is 25.7 Å². The van der Waals surface area contributed by atoms with Gasteiger partial charge in [0.2, 0.25) is 5.91 Å². The number of hydrogen-bond donors (Lipinski definition) is 3. The summed E-state index contributed by atoms with van der Waals surface area (Å²) in [5, 5.41) is 34.3. The third-order valence-corrected chi connectivity index (χ3v) is 5.55. The number of nitrogens with one attached hydrogen (secondary N) is 1. The molecule has 0 aromatic carbocycles. The fourth-order valence-corrected chi connectivity index (χ4v) is 4.08. The third kappa shape index (κ3) is 10.6. The van der Waals surface area contributed by atoms with E-state index >= 15 is 0 Å². The molecule has 0 fully saturated rings. The average Bonchev–Trinajstić information content (AvgIpc) is 2.66. The molecule has 0 rings (SSSR count). The van der Waals surface area contributed by atoms with Crippen molar-refractivity contribution < 1.29 is 63.7 Å². The first-order valence-corrected chi connectivity index (χ1v) is 11.0. The summed E-state index contributed by atoms with van der Waals surface area (Å²) in [4.78, 5) is 36.1. The zero-order valence-electron chi connectivity index (χ0n) is 19.3. The van der Waals surface area contributed by atoms with Crippen molar-refractivity contribution >= 4 is 17.8 Å². The van der Waals surface area contributed by atoms with Crippen molar-refractivity contribution in [2.45, 2.75) is 90.6 Å². The van der Waals surface area contributed by atoms with Gasteiger partial charge in [0.15, 0.2) is 6.04 Å². The van der Waals surface area contributed by atoms with Crippen LogP contribution in [0.2, 0.25) is 0 Å². The maximum absolute atomic E-state index is 12.1. The van der Waals surface area contributed by atoms with Crippen LogP contribution in [0, 0.1) is 0 Å². The molecule has 9 heteroatoms. The van der Waals surface area contributed by atoms with Gasteiger partial charge < -0.3 is 29.9 Å². The van der Waals surface area contributed by atoms with Crippen molar-refractivity contribution in [2.24, 2.45) is 0 Å². The molecule has 0 heterocycles. The van der Waals surface area contributed by atoms with Gasteiger partial charge in [-0.15, -0.1) is 0 Å². The normalized spacial score (nSPS) is 14.8. The Hall–Kier alpha value is -0.670. The van der Waals surface area contributed by atoms with E-state index in [1.807, 2.05) is 13.8 Å². The van der Waals surface area contributed by atoms with Gasteiger partial charge in [-0.3, -0.25) is 4.79 Å². The Morgan fingerprint density at radius 2 is 1.53 bits per heavy atom. The summed E-state index contributed by atoms with van der Waals surface area (Å²) >= 11 is 0. The van der Waals surface area contributed by atoms with E-state index in [4.69, 9.17) is 0 Å². The molecule has 0 saturated heterocycles. The first kappa shape index (κ1) is 31.5. The summed E-state index contributed by atoms with van der Waals surface area (Å²) in [5.41, 5.74) is 0. The zero-order valence-corrected chi connectivity index (χ0v) is 21.3. The summed E-state index contributed by atoms with van der Waals surface area (Å²) in [6.45, 7) is 5.70. The van der Waals surface area contributed by atoms with E-state index in [0.717, 1.165) is 25.7 Å². The number of aliphatic carboxylic acids is 2. The molecule has 0 aliphatic rings. The molecule has 3 unspecified atom stereocenters. The molecule has 0 aromatic rings. The van der Waals surface area contributed by atoms with Crippen molar-refractivity contribution in [2.75, 3.05) is 26.2 Å². The minimum absolute atomic E-state index is 0. The molecule has 0 spiro atoms. The van der Waals surface area contributed by atoms with Crippen LogP contribution in [0.1, 0.15) is 78.6 Å². The molecule has 0 saturated carbocycles. The number of nitrogens with zero attached hydrogens (tertiary/aromatic N) is 1. The van der Waals surface area contributed by atoms with Crippen LogP contribution < -0.4 is 40.0 Å². The standard InChI is InChI=1S/C21H40N2O6.Na/c1-4-7-8-9-12-19(25)22-13-14-23(15-16-24,17(10-5-2)20(26)27)18(11-6-3)21(28)29;/h17-18,24H,4-16H2,1-3H3,(H2-,22,25,26,27,28,29);/q;+1. The number of carboxylic acid groups (broad SMARTS) is 2. The topological polar surface area (TPSA) is 127 Å². The Balaban J connectivity index is 0. The fourth-order valence-electron chi connectivity index (χ4n) is 4.08. The minimum atomic E-state index is -1.31. The zero-order chi connectivity index (χ0) is 22.3. The molecule has 1 amide bonds. The molecule has 8 nitrogen and oxygen atoms in total. The van der Waals surface area contributed by atoms with Crippen LogP contribution in [0.25, 0.3) is 0 Å². The maximum Gasteiger partial charge on any atom is 1.00 e. The Morgan fingerprint density at radius 1 is 0.933 bits per heavy atom. The van der Waals surface area contributed by atoms with Crippen LogP contribution in [0.3, 0.4) is 0 Å². The molecule has 0 aliphatic heterocycles. The smallest absolute Gasteiger partial charge is 0.544 e. The summed E-state index contributed by atoms with van der Waals surface area (Å²) in [7, 11) is 0. The van der Waals surface area contributed by atoms with Crippen molar-refractivity contribution in [1.29, 1.82) is 0 Å². The number of unbranched alkanes of at least 4 members (excludes halogenated alkanes) is 3. The van der Waals surface area contributed by atoms with Gasteiger partial charge in [-0.25, -0.2) is 4.79 Å². The second-order valence-electron chi connectivity index (χ2n) is 7.70. The Morgan fingerprint density at radius 3 is 2.00 bits per heavy atom. The summed E-state index contributed by atoms with van der Waals surface area (Å²) in [6, 6.07) is -2.04. The second kappa shape index (κ2) is 18.0. The van der Waals surface area contributed by atoms with Crippen LogP contribution in [0.4, 0.5) is 0 Å². The summed E-state index contributed by atoms with van der Waals surface area (Å²) < 4.78 is -0.314. The van der Waals surface area contributed by atoms with E-state index < -0.39 is 24.0 Å². The Labute approximate surface area is 203 Å². The first-order valence-electron chi connectivity index (χ1n) is 11.0. The van der Waals surface area contributed by atoms with Crippen LogP contribution in [0.15, 0.2) is 0 Å². The van der Waals surface area contributed by atoms with Gasteiger partial charge in [-0.2, -0.15) is 0 Å². The SMILES string of the molecule is CCCCCCC(=O)NCC[N+](CCO)(C(CCC)C(=O)[O-])C(CCC)C(=O)O.[Na+]. The van der Waals surface area contributed by atoms with Crippen molar-refractivity contribution in [3.8, 4) is 0 Å². The third-order valence-electron chi connectivity index (χ3n) is 5.55. The molecule has 30 heavy (non-hydrogen) atoms. The number of carboxylic acids is 2. The van der Waals surface area contributed by atoms with Gasteiger partial charge in [-0.1, -0.05) is 46.5 Å². The van der Waals surface area contributed by atoms with Crippen molar-refractivity contribution in [3.63, 3.8) is 0 Å². The molecule has 170 valence electrons. The molecule has 0 bridgehead atoms. The Kier molecular flexibility index (Phi) is 18.9. The van der Waals surface area contributed by atoms with Crippen LogP contribution in [-0.4, -0.2) is 70.9 Å². The number of carbonyl (C=O) groups is 3. The number of quaternary nitrogens is 1. The van der Waals surface area contributed by atoms with E-state index in [0.29, 0.717) is 19.3 Å². The van der Waals surface area contributed by atoms with E-state index in [1.54, 1.807) is 0 Å². The number of hydrogen-bond acceptors (Lipinski definition) is 5. The molecule has 3 atom stereocenters. The molecular weight excluding hydrogens is 399 g/mol. The predicted octanol–water partition coefficient (Wildman–Crippen LogP) is -1.94. The van der Waals surface area contributed by atoms with Crippen LogP contribution >= 0.6 is 0 Å². The fraction of sp³-hybridized carbons (Fsp3) is 0.857. The van der Waals surface area contributed by atoms with Crippen molar-refractivity contribution in [1.82, 2.24) is 5.32 Å². The van der Waals surface area contributed by atoms with E-state index in [1.165, 1.54) is 0 Å². The number of aliphatic hydroxyl groups excluding tert-OH is 1. The summed E-state index contributed by atoms with van der Waals surface area (Å²) in [6.07, 6.45) is 5.98. The van der Waals surface area contributed by atoms with Gasteiger partial charge >= 0.3 is 35.5 Å². The molecular formula is C21H40N2NaO6+. The van der Waals surface area contributed by atoms with Crippen LogP contribution in [0.5, 0.6) is 0 Å². The van der Waals surface area contributed by atoms with Crippen LogP contribution in [-0.2, 0) is 14.4 Å². The van der Waals surface area contributed by atoms with Gasteiger partial charge in [0, 0.05) is 19.3 Å². The predicted molar refractivity (Wildman–Crippen MR) is 109 cm³/mol. The van der Waals surface area contributed by atoms with E-state index in [9.17, 15) is 29.7 Å². The van der Waals surface area contributed by atoms with E-state index in [2.05, 4.69) is 12.2 Å². The maximum atomic E-state index is 12.1. The molecule has 0 radical (unpaired) electrons. The number of rotatable bonds is 18. The molecule has 0 aromatic heterocycles. The van der Waals surface area contributed by atoms with E-state index in [-0.39, 0.29) is 79.0 Å². The van der Waals surface area contributed by atoms with Gasteiger partial charge in [0.25, 0.3) is 0 Å². The van der Waals surface area contributed by atoms with Gasteiger partial charge in [0.1, 0.15) is 12.6 Å². The average molecular weight is 440 g/mol. The first-order chi connectivity index (χ1) is 13.8. The summed E-state index contributed by atoms with van der Waals surface area (Å²) in [5.74, 6) is -2.52. The monoisotopic (exact) mass is 439 g/mol. The van der Waals surface area contributed by atoms with Gasteiger partial charge in [-0.05, 0) is 12.8 Å². The van der Waals surface area contributed by atoms with Crippen molar-refractivity contribution in [3.05, 3.63) is 0 Å². The minimum Gasteiger partial charge on any atom is -0.544 e.